The van der Waals surface area contributed by atoms with E-state index in [1.54, 1.807) is 6.20 Å². The number of nitrogens with two attached hydrogens (primary N) is 1. The number of hydrogen-bond acceptors (Lipinski definition) is 4. The van der Waals surface area contributed by atoms with Crippen molar-refractivity contribution in [1.82, 2.24) is 9.88 Å². The van der Waals surface area contributed by atoms with Gasteiger partial charge in [-0.1, -0.05) is 12.2 Å². The highest BCUT2D eigenvalue weighted by Crippen LogP contribution is 2.12. The molecule has 94 valence electrons. The molecule has 0 spiro atoms. The molecule has 0 aliphatic carbocycles. The Kier molecular flexibility index (Phi) is 4.42. The van der Waals surface area contributed by atoms with Gasteiger partial charge >= 0.3 is 0 Å². The summed E-state index contributed by atoms with van der Waals surface area (Å²) in [5.41, 5.74) is 6.47. The second-order valence-corrected chi connectivity index (χ2v) is 5.29. The number of likely N-dealkylation sites (N-methyl/N-ethyl adjacent to an activating group) is 1. The Labute approximate surface area is 108 Å². The number of nitrogens with zero attached hydrogens (tertiary/aromatic N) is 2. The van der Waals surface area contributed by atoms with Crippen molar-refractivity contribution in [2.24, 2.45) is 5.73 Å². The average Bonchev–Trinajstić information content (AvgIpc) is 2.26. The molecule has 0 bridgehead atoms. The van der Waals surface area contributed by atoms with E-state index in [4.69, 9.17) is 18.0 Å². The van der Waals surface area contributed by atoms with E-state index >= 15 is 0 Å². The zero-order chi connectivity index (χ0) is 13.1. The number of thiocarbonyl (C=S) groups is 1. The summed E-state index contributed by atoms with van der Waals surface area (Å²) < 4.78 is 0. The summed E-state index contributed by atoms with van der Waals surface area (Å²) >= 11 is 4.93. The molecule has 0 unspecified atom stereocenters. The molecule has 1 rings (SSSR count). The van der Waals surface area contributed by atoms with Gasteiger partial charge in [-0.25, -0.2) is 4.98 Å². The highest BCUT2D eigenvalue weighted by molar-refractivity contribution is 7.80. The van der Waals surface area contributed by atoms with Crippen molar-refractivity contribution in [3.63, 3.8) is 0 Å². The van der Waals surface area contributed by atoms with Crippen molar-refractivity contribution in [2.75, 3.05) is 26.0 Å². The third-order valence-electron chi connectivity index (χ3n) is 2.96. The second kappa shape index (κ2) is 5.42. The molecular formula is C12H20N4S. The number of nitrogens with one attached hydrogen (secondary N) is 1. The van der Waals surface area contributed by atoms with Gasteiger partial charge in [0, 0.05) is 23.8 Å². The normalized spacial score (nSPS) is 11.6. The van der Waals surface area contributed by atoms with Crippen LogP contribution in [-0.4, -0.2) is 41.1 Å². The van der Waals surface area contributed by atoms with Gasteiger partial charge < -0.3 is 16.0 Å². The van der Waals surface area contributed by atoms with Crippen molar-refractivity contribution < 1.29 is 0 Å². The summed E-state index contributed by atoms with van der Waals surface area (Å²) in [6.07, 6.45) is 1.71. The first-order valence-corrected chi connectivity index (χ1v) is 5.91. The molecule has 0 aromatic carbocycles. The van der Waals surface area contributed by atoms with Gasteiger partial charge in [0.2, 0.25) is 0 Å². The maximum atomic E-state index is 5.58. The van der Waals surface area contributed by atoms with Crippen LogP contribution in [0.3, 0.4) is 0 Å². The highest BCUT2D eigenvalue weighted by atomic mass is 32.1. The molecule has 1 heterocycles. The van der Waals surface area contributed by atoms with Gasteiger partial charge in [0.15, 0.2) is 0 Å². The Morgan fingerprint density at radius 1 is 1.53 bits per heavy atom. The fraction of sp³-hybridized carbons (Fsp3) is 0.500. The molecule has 0 aliphatic heterocycles. The summed E-state index contributed by atoms with van der Waals surface area (Å²) in [4.78, 5) is 6.79. The molecule has 1 aromatic heterocycles. The van der Waals surface area contributed by atoms with Crippen LogP contribution in [-0.2, 0) is 0 Å². The molecule has 0 aliphatic rings. The van der Waals surface area contributed by atoms with Gasteiger partial charge in [0.05, 0.1) is 0 Å². The van der Waals surface area contributed by atoms with E-state index < -0.39 is 0 Å². The van der Waals surface area contributed by atoms with Crippen LogP contribution in [0, 0.1) is 0 Å². The fourth-order valence-electron chi connectivity index (χ4n) is 1.15. The third-order valence-corrected chi connectivity index (χ3v) is 3.19. The minimum absolute atomic E-state index is 0.0565. The molecule has 0 amide bonds. The molecule has 0 saturated heterocycles. The minimum Gasteiger partial charge on any atom is -0.389 e. The van der Waals surface area contributed by atoms with Gasteiger partial charge in [-0.15, -0.1) is 0 Å². The van der Waals surface area contributed by atoms with E-state index in [2.05, 4.69) is 43.1 Å². The van der Waals surface area contributed by atoms with Crippen LogP contribution in [0.2, 0.25) is 0 Å². The van der Waals surface area contributed by atoms with E-state index in [1.807, 2.05) is 12.1 Å². The van der Waals surface area contributed by atoms with Crippen LogP contribution in [0.1, 0.15) is 19.4 Å². The maximum absolute atomic E-state index is 5.58. The molecule has 1 aromatic rings. The first-order valence-electron chi connectivity index (χ1n) is 5.50. The molecule has 0 fully saturated rings. The Morgan fingerprint density at radius 2 is 2.18 bits per heavy atom. The van der Waals surface area contributed by atoms with E-state index in [-0.39, 0.29) is 5.54 Å². The second-order valence-electron chi connectivity index (χ2n) is 4.85. The van der Waals surface area contributed by atoms with Gasteiger partial charge in [-0.05, 0) is 40.1 Å². The van der Waals surface area contributed by atoms with E-state index in [9.17, 15) is 0 Å². The molecular weight excluding hydrogens is 232 g/mol. The smallest absolute Gasteiger partial charge is 0.126 e. The van der Waals surface area contributed by atoms with Gasteiger partial charge in [0.1, 0.15) is 10.8 Å². The highest BCUT2D eigenvalue weighted by Gasteiger charge is 2.19. The molecule has 0 saturated carbocycles. The van der Waals surface area contributed by atoms with Crippen molar-refractivity contribution in [3.05, 3.63) is 23.9 Å². The van der Waals surface area contributed by atoms with Crippen LogP contribution >= 0.6 is 12.2 Å². The van der Waals surface area contributed by atoms with Crippen LogP contribution in [0.5, 0.6) is 0 Å². The van der Waals surface area contributed by atoms with Gasteiger partial charge in [-0.2, -0.15) is 0 Å². The number of rotatable bonds is 5. The maximum Gasteiger partial charge on any atom is 0.126 e. The topological polar surface area (TPSA) is 54.2 Å². The fourth-order valence-corrected chi connectivity index (χ4v) is 1.27. The first-order chi connectivity index (χ1) is 7.83. The van der Waals surface area contributed by atoms with Crippen molar-refractivity contribution >= 4 is 23.0 Å². The van der Waals surface area contributed by atoms with Crippen LogP contribution in [0.25, 0.3) is 0 Å². The zero-order valence-electron chi connectivity index (χ0n) is 10.8. The molecule has 0 radical (unpaired) electrons. The Bertz CT molecular complexity index is 401. The predicted octanol–water partition coefficient (Wildman–Crippen LogP) is 1.47. The lowest BCUT2D eigenvalue weighted by Crippen LogP contribution is -2.44. The Balaban J connectivity index is 2.70. The summed E-state index contributed by atoms with van der Waals surface area (Å²) in [5.74, 6) is 0.797. The molecule has 0 atom stereocenters. The average molecular weight is 252 g/mol. The van der Waals surface area contributed by atoms with E-state index in [0.29, 0.717) is 4.99 Å². The summed E-state index contributed by atoms with van der Waals surface area (Å²) in [5, 5.41) is 3.29. The molecule has 5 heteroatoms. The summed E-state index contributed by atoms with van der Waals surface area (Å²) in [6.45, 7) is 5.13. The van der Waals surface area contributed by atoms with E-state index in [0.717, 1.165) is 17.9 Å². The van der Waals surface area contributed by atoms with Gasteiger partial charge in [0.25, 0.3) is 0 Å². The monoisotopic (exact) mass is 252 g/mol. The van der Waals surface area contributed by atoms with Crippen LogP contribution in [0.15, 0.2) is 18.3 Å². The molecule has 17 heavy (non-hydrogen) atoms. The lowest BCUT2D eigenvalue weighted by atomic mass is 10.0. The lowest BCUT2D eigenvalue weighted by molar-refractivity contribution is 0.210. The van der Waals surface area contributed by atoms with E-state index in [1.165, 1.54) is 0 Å². The van der Waals surface area contributed by atoms with Crippen LogP contribution < -0.4 is 11.1 Å². The first kappa shape index (κ1) is 13.9. The quantitative estimate of drug-likeness (QED) is 0.777. The number of pyridine rings is 1. The SMILES string of the molecule is CN(C)C(C)(C)CNc1cc(C(N)=S)ccn1. The summed E-state index contributed by atoms with van der Waals surface area (Å²) in [7, 11) is 4.11. The standard InChI is InChI=1S/C12H20N4S/c1-12(2,16(3)4)8-15-10-7-9(11(13)17)5-6-14-10/h5-7H,8H2,1-4H3,(H2,13,17)(H,14,15). The zero-order valence-corrected chi connectivity index (χ0v) is 11.6. The molecule has 3 N–H and O–H groups in total. The predicted molar refractivity (Wildman–Crippen MR) is 76.4 cm³/mol. The van der Waals surface area contributed by atoms with Gasteiger partial charge in [-0.3, -0.25) is 0 Å². The third kappa shape index (κ3) is 3.94. The Hall–Kier alpha value is -1.20. The van der Waals surface area contributed by atoms with Crippen LogP contribution in [0.4, 0.5) is 5.82 Å². The molecule has 4 nitrogen and oxygen atoms in total. The van der Waals surface area contributed by atoms with Crippen molar-refractivity contribution in [2.45, 2.75) is 19.4 Å². The largest absolute Gasteiger partial charge is 0.389 e. The van der Waals surface area contributed by atoms with Crippen molar-refractivity contribution in [1.29, 1.82) is 0 Å². The lowest BCUT2D eigenvalue weighted by Gasteiger charge is -2.32. The minimum atomic E-state index is 0.0565. The summed E-state index contributed by atoms with van der Waals surface area (Å²) in [6, 6.07) is 3.68. The van der Waals surface area contributed by atoms with Crippen molar-refractivity contribution in [3.8, 4) is 0 Å². The number of aromatic nitrogens is 1. The number of hydrogen-bond donors (Lipinski definition) is 2. The Morgan fingerprint density at radius 3 is 2.71 bits per heavy atom. The number of anilines is 1.